The van der Waals surface area contributed by atoms with Crippen LogP contribution in [0.4, 0.5) is 23.4 Å². The summed E-state index contributed by atoms with van der Waals surface area (Å²) in [5, 5.41) is 12.2. The zero-order chi connectivity index (χ0) is 19.2. The molecule has 4 rings (SSSR count). The molecule has 3 atom stereocenters. The molecule has 11 heteroatoms. The number of hydrogen-bond donors (Lipinski definition) is 2. The van der Waals surface area contributed by atoms with E-state index in [4.69, 9.17) is 9.84 Å². The molecule has 3 heterocycles. The number of hydrogen-bond acceptors (Lipinski definition) is 6. The maximum Gasteiger partial charge on any atom is 0.451 e. The minimum atomic E-state index is -4.76. The third-order valence-electron chi connectivity index (χ3n) is 4.98. The molecule has 0 spiro atoms. The van der Waals surface area contributed by atoms with Gasteiger partial charge in [-0.2, -0.15) is 13.2 Å². The molecule has 1 saturated heterocycles. The van der Waals surface area contributed by atoms with Crippen LogP contribution in [-0.2, 0) is 10.9 Å². The summed E-state index contributed by atoms with van der Waals surface area (Å²) >= 11 is 0. The quantitative estimate of drug-likeness (QED) is 0.783. The molecular formula is C16H19F4N5O2. The van der Waals surface area contributed by atoms with E-state index in [-0.39, 0.29) is 36.1 Å². The normalized spacial score (nSPS) is 26.9. The predicted octanol–water partition coefficient (Wildman–Crippen LogP) is 2.82. The summed E-state index contributed by atoms with van der Waals surface area (Å²) in [5.74, 6) is -1.32. The Morgan fingerprint density at radius 2 is 2.00 bits per heavy atom. The van der Waals surface area contributed by atoms with Crippen LogP contribution in [0.2, 0.25) is 0 Å². The summed E-state index contributed by atoms with van der Waals surface area (Å²) in [4.78, 5) is 11.3. The van der Waals surface area contributed by atoms with Gasteiger partial charge in [0.2, 0.25) is 5.82 Å². The van der Waals surface area contributed by atoms with Gasteiger partial charge in [0.15, 0.2) is 23.2 Å². The van der Waals surface area contributed by atoms with Crippen molar-refractivity contribution in [1.29, 1.82) is 0 Å². The van der Waals surface area contributed by atoms with Gasteiger partial charge in [-0.1, -0.05) is 12.8 Å². The molecule has 0 radical (unpaired) electrons. The van der Waals surface area contributed by atoms with Gasteiger partial charge in [-0.05, 0) is 12.8 Å². The van der Waals surface area contributed by atoms with E-state index in [1.165, 1.54) is 6.33 Å². The first-order valence-corrected chi connectivity index (χ1v) is 8.85. The lowest BCUT2D eigenvalue weighted by atomic mass is 10.2. The third-order valence-corrected chi connectivity index (χ3v) is 4.98. The van der Waals surface area contributed by atoms with Crippen LogP contribution in [0.3, 0.4) is 0 Å². The number of imidazole rings is 1. The van der Waals surface area contributed by atoms with Gasteiger partial charge in [0, 0.05) is 12.5 Å². The average Bonchev–Trinajstić information content (AvgIpc) is 3.33. The van der Waals surface area contributed by atoms with Crippen LogP contribution in [0.15, 0.2) is 6.33 Å². The van der Waals surface area contributed by atoms with E-state index in [0.29, 0.717) is 0 Å². The van der Waals surface area contributed by atoms with Crippen molar-refractivity contribution in [3.05, 3.63) is 12.2 Å². The van der Waals surface area contributed by atoms with Crippen LogP contribution >= 0.6 is 0 Å². The van der Waals surface area contributed by atoms with Crippen molar-refractivity contribution in [3.63, 3.8) is 0 Å². The largest absolute Gasteiger partial charge is 0.451 e. The van der Waals surface area contributed by atoms with Gasteiger partial charge < -0.3 is 15.2 Å². The van der Waals surface area contributed by atoms with E-state index < -0.39 is 30.5 Å². The minimum Gasteiger partial charge on any atom is -0.394 e. The van der Waals surface area contributed by atoms with Gasteiger partial charge in [0.05, 0.1) is 19.0 Å². The second-order valence-electron chi connectivity index (χ2n) is 6.93. The molecule has 1 saturated carbocycles. The van der Waals surface area contributed by atoms with Crippen molar-refractivity contribution in [2.45, 2.75) is 62.8 Å². The lowest BCUT2D eigenvalue weighted by Crippen LogP contribution is -2.21. The van der Waals surface area contributed by atoms with E-state index in [0.717, 1.165) is 30.3 Å². The fourth-order valence-electron chi connectivity index (χ4n) is 3.66. The molecule has 7 nitrogen and oxygen atoms in total. The van der Waals surface area contributed by atoms with Crippen molar-refractivity contribution in [2.24, 2.45) is 0 Å². The molecule has 2 N–H and O–H groups in total. The van der Waals surface area contributed by atoms with E-state index in [2.05, 4.69) is 20.3 Å². The van der Waals surface area contributed by atoms with Gasteiger partial charge >= 0.3 is 6.18 Å². The van der Waals surface area contributed by atoms with Crippen molar-refractivity contribution in [3.8, 4) is 0 Å². The van der Waals surface area contributed by atoms with Gasteiger partial charge in [-0.3, -0.25) is 4.57 Å². The Hall–Kier alpha value is -2.01. The van der Waals surface area contributed by atoms with Gasteiger partial charge in [-0.25, -0.2) is 19.3 Å². The number of aromatic nitrogens is 4. The molecule has 27 heavy (non-hydrogen) atoms. The maximum absolute atomic E-state index is 14.3. The first-order chi connectivity index (χ1) is 12.9. The molecule has 2 aromatic rings. The first kappa shape index (κ1) is 18.4. The highest BCUT2D eigenvalue weighted by Gasteiger charge is 2.40. The van der Waals surface area contributed by atoms with Gasteiger partial charge in [-0.15, -0.1) is 0 Å². The van der Waals surface area contributed by atoms with E-state index in [9.17, 15) is 17.6 Å². The molecule has 1 aliphatic carbocycles. The summed E-state index contributed by atoms with van der Waals surface area (Å²) < 4.78 is 60.8. The molecule has 0 amide bonds. The number of fused-ring (bicyclic) bond motifs is 1. The number of halogens is 4. The molecule has 0 bridgehead atoms. The third kappa shape index (κ3) is 3.45. The zero-order valence-corrected chi connectivity index (χ0v) is 14.3. The number of alkyl halides is 4. The Morgan fingerprint density at radius 1 is 1.26 bits per heavy atom. The molecule has 1 aliphatic heterocycles. The number of ether oxygens (including phenoxy) is 1. The van der Waals surface area contributed by atoms with Crippen LogP contribution in [0.25, 0.3) is 11.2 Å². The fraction of sp³-hybridized carbons (Fsp3) is 0.688. The van der Waals surface area contributed by atoms with Crippen molar-refractivity contribution < 1.29 is 27.4 Å². The van der Waals surface area contributed by atoms with Crippen LogP contribution < -0.4 is 5.32 Å². The Morgan fingerprint density at radius 3 is 2.63 bits per heavy atom. The van der Waals surface area contributed by atoms with Crippen LogP contribution in [0.1, 0.15) is 44.2 Å². The number of anilines is 1. The highest BCUT2D eigenvalue weighted by molar-refractivity contribution is 5.83. The predicted molar refractivity (Wildman–Crippen MR) is 86.7 cm³/mol. The second kappa shape index (κ2) is 6.86. The summed E-state index contributed by atoms with van der Waals surface area (Å²) in [5.41, 5.74) is -0.0118. The van der Waals surface area contributed by atoms with Crippen LogP contribution in [0.5, 0.6) is 0 Å². The Kier molecular flexibility index (Phi) is 4.66. The molecule has 2 aromatic heterocycles. The lowest BCUT2D eigenvalue weighted by molar-refractivity contribution is -0.144. The van der Waals surface area contributed by atoms with Crippen LogP contribution in [0, 0.1) is 0 Å². The Balaban J connectivity index is 1.77. The first-order valence-electron chi connectivity index (χ1n) is 8.85. The van der Waals surface area contributed by atoms with Crippen molar-refractivity contribution in [2.75, 3.05) is 11.9 Å². The molecule has 2 aliphatic rings. The number of aliphatic hydroxyl groups excluding tert-OH is 1. The topological polar surface area (TPSA) is 85.1 Å². The maximum atomic E-state index is 14.3. The van der Waals surface area contributed by atoms with E-state index in [1.807, 2.05) is 0 Å². The van der Waals surface area contributed by atoms with E-state index >= 15 is 0 Å². The number of nitrogens with zero attached hydrogens (tertiary/aromatic N) is 4. The standard InChI is InChI=1S/C16H19F4N5O2/c17-10-5-9(6-26)27-14(10)25-7-21-11-12(22-8-3-1-2-4-8)23-15(16(18,19)20)24-13(11)25/h7-10,14,26H,1-6H2,(H,22,23,24). The summed E-state index contributed by atoms with van der Waals surface area (Å²) in [7, 11) is 0. The zero-order valence-electron chi connectivity index (χ0n) is 14.3. The Bertz CT molecular complexity index is 821. The van der Waals surface area contributed by atoms with Crippen molar-refractivity contribution >= 4 is 17.0 Å². The lowest BCUT2D eigenvalue weighted by Gasteiger charge is -2.17. The monoisotopic (exact) mass is 389 g/mol. The molecule has 2 fully saturated rings. The Labute approximate surface area is 151 Å². The smallest absolute Gasteiger partial charge is 0.394 e. The highest BCUT2D eigenvalue weighted by Crippen LogP contribution is 2.36. The summed E-state index contributed by atoms with van der Waals surface area (Å²) in [6.07, 6.45) is -3.34. The van der Waals surface area contributed by atoms with Crippen LogP contribution in [-0.4, -0.2) is 49.5 Å². The van der Waals surface area contributed by atoms with Gasteiger partial charge in [0.25, 0.3) is 0 Å². The summed E-state index contributed by atoms with van der Waals surface area (Å²) in [6.45, 7) is -0.374. The molecule has 0 aromatic carbocycles. The molecular weight excluding hydrogens is 370 g/mol. The second-order valence-corrected chi connectivity index (χ2v) is 6.93. The highest BCUT2D eigenvalue weighted by atomic mass is 19.4. The number of rotatable bonds is 4. The fourth-order valence-corrected chi connectivity index (χ4v) is 3.66. The summed E-state index contributed by atoms with van der Waals surface area (Å²) in [6, 6.07) is 0.0183. The molecule has 3 unspecified atom stereocenters. The number of nitrogens with one attached hydrogen (secondary N) is 1. The van der Waals surface area contributed by atoms with E-state index in [1.54, 1.807) is 0 Å². The molecule has 148 valence electrons. The average molecular weight is 389 g/mol. The SMILES string of the molecule is OCC1CC(F)C(n2cnc3c(NC4CCCC4)nc(C(F)(F)F)nc32)O1. The number of aliphatic hydroxyl groups is 1. The van der Waals surface area contributed by atoms with Crippen molar-refractivity contribution in [1.82, 2.24) is 19.5 Å². The minimum absolute atomic E-state index is 0.00918. The van der Waals surface area contributed by atoms with Gasteiger partial charge in [0.1, 0.15) is 6.17 Å².